The second kappa shape index (κ2) is 7.83. The van der Waals surface area contributed by atoms with E-state index < -0.39 is 17.8 Å². The maximum absolute atomic E-state index is 13.6. The number of hydrogen-bond acceptors (Lipinski definition) is 4. The highest BCUT2D eigenvalue weighted by Crippen LogP contribution is 2.34. The molecule has 4 aromatic rings. The molecule has 0 saturated heterocycles. The quantitative estimate of drug-likeness (QED) is 0.497. The van der Waals surface area contributed by atoms with Gasteiger partial charge in [-0.25, -0.2) is 9.50 Å². The average molecular weight is 435 g/mol. The predicted octanol–water partition coefficient (Wildman–Crippen LogP) is 4.63. The molecular weight excluding hydrogens is 421 g/mol. The summed E-state index contributed by atoms with van der Waals surface area (Å²) in [7, 11) is 0. The Morgan fingerprint density at radius 1 is 1.17 bits per heavy atom. The first-order chi connectivity index (χ1) is 14.3. The second-order valence-electron chi connectivity index (χ2n) is 6.39. The van der Waals surface area contributed by atoms with Crippen molar-refractivity contribution >= 4 is 23.2 Å². The third-order valence-electron chi connectivity index (χ3n) is 4.35. The summed E-state index contributed by atoms with van der Waals surface area (Å²) in [6.45, 7) is 0.268. The van der Waals surface area contributed by atoms with Gasteiger partial charge in [-0.2, -0.15) is 18.3 Å². The van der Waals surface area contributed by atoms with Crippen molar-refractivity contribution < 1.29 is 22.4 Å². The van der Waals surface area contributed by atoms with Gasteiger partial charge < -0.3 is 9.73 Å². The van der Waals surface area contributed by atoms with Crippen LogP contribution in [0.5, 0.6) is 0 Å². The number of hydrogen-bond donors (Lipinski definition) is 1. The van der Waals surface area contributed by atoms with Gasteiger partial charge in [0.2, 0.25) is 0 Å². The van der Waals surface area contributed by atoms with Crippen LogP contribution in [-0.4, -0.2) is 27.0 Å². The summed E-state index contributed by atoms with van der Waals surface area (Å²) >= 11 is 6.20. The Balaban J connectivity index is 1.67. The molecule has 1 amide bonds. The van der Waals surface area contributed by atoms with Crippen LogP contribution < -0.4 is 5.32 Å². The normalized spacial score (nSPS) is 11.7. The molecule has 30 heavy (non-hydrogen) atoms. The Kier molecular flexibility index (Phi) is 5.21. The number of carbonyl (C=O) groups is 1. The fourth-order valence-corrected chi connectivity index (χ4v) is 3.18. The third kappa shape index (κ3) is 3.88. The molecule has 0 aliphatic heterocycles. The molecule has 154 valence electrons. The van der Waals surface area contributed by atoms with Crippen LogP contribution in [0.3, 0.4) is 0 Å². The van der Waals surface area contributed by atoms with Gasteiger partial charge in [-0.3, -0.25) is 4.79 Å². The molecular formula is C20H14ClF3N4O2. The van der Waals surface area contributed by atoms with E-state index >= 15 is 0 Å². The first kappa shape index (κ1) is 20.0. The lowest BCUT2D eigenvalue weighted by Gasteiger charge is -2.09. The first-order valence-corrected chi connectivity index (χ1v) is 9.25. The Morgan fingerprint density at radius 3 is 2.60 bits per heavy atom. The number of halogens is 4. The summed E-state index contributed by atoms with van der Waals surface area (Å²) in [6.07, 6.45) is -2.89. The maximum atomic E-state index is 13.6. The Morgan fingerprint density at radius 2 is 1.93 bits per heavy atom. The molecule has 0 fully saturated rings. The lowest BCUT2D eigenvalue weighted by Crippen LogP contribution is -2.26. The van der Waals surface area contributed by atoms with E-state index in [0.29, 0.717) is 10.9 Å². The van der Waals surface area contributed by atoms with Crippen molar-refractivity contribution in [2.45, 2.75) is 12.6 Å². The molecule has 0 aliphatic carbocycles. The first-order valence-electron chi connectivity index (χ1n) is 8.87. The number of rotatable bonds is 5. The van der Waals surface area contributed by atoms with Crippen LogP contribution in [-0.2, 0) is 12.6 Å². The monoisotopic (exact) mass is 434 g/mol. The highest BCUT2D eigenvalue weighted by molar-refractivity contribution is 6.36. The van der Waals surface area contributed by atoms with Gasteiger partial charge in [-0.1, -0.05) is 41.9 Å². The molecule has 1 N–H and O–H groups in total. The number of aromatic nitrogens is 3. The number of amides is 1. The van der Waals surface area contributed by atoms with Crippen LogP contribution in [0.25, 0.3) is 17.1 Å². The summed E-state index contributed by atoms with van der Waals surface area (Å²) < 4.78 is 46.5. The molecule has 0 saturated carbocycles. The number of alkyl halides is 3. The molecule has 0 atom stereocenters. The zero-order valence-corrected chi connectivity index (χ0v) is 16.0. The predicted molar refractivity (Wildman–Crippen MR) is 103 cm³/mol. The van der Waals surface area contributed by atoms with E-state index in [0.717, 1.165) is 11.6 Å². The Labute approximate surface area is 173 Å². The number of benzene rings is 1. The lowest BCUT2D eigenvalue weighted by atomic mass is 10.1. The van der Waals surface area contributed by atoms with Crippen molar-refractivity contribution in [2.75, 3.05) is 6.54 Å². The van der Waals surface area contributed by atoms with Crippen LogP contribution in [0, 0.1) is 0 Å². The molecule has 4 rings (SSSR count). The fourth-order valence-electron chi connectivity index (χ4n) is 2.94. The standard InChI is InChI=1S/C20H14ClF3N4O2/c21-16-17(19(29)25-9-8-12-5-2-1-3-6-12)27-28-15(20(22,23)24)11-13(26-18(16)28)14-7-4-10-30-14/h1-7,10-11H,8-9H2,(H,25,29). The topological polar surface area (TPSA) is 72.4 Å². The summed E-state index contributed by atoms with van der Waals surface area (Å²) in [6, 6.07) is 13.2. The van der Waals surface area contributed by atoms with Crippen LogP contribution in [0.15, 0.2) is 59.2 Å². The molecule has 0 aliphatic rings. The third-order valence-corrected chi connectivity index (χ3v) is 4.70. The van der Waals surface area contributed by atoms with E-state index in [1.165, 1.54) is 18.4 Å². The maximum Gasteiger partial charge on any atom is 0.433 e. The average Bonchev–Trinajstić information content (AvgIpc) is 3.36. The van der Waals surface area contributed by atoms with Crippen molar-refractivity contribution in [1.82, 2.24) is 19.9 Å². The molecule has 6 nitrogen and oxygen atoms in total. The van der Waals surface area contributed by atoms with E-state index in [9.17, 15) is 18.0 Å². The van der Waals surface area contributed by atoms with Gasteiger partial charge in [0.1, 0.15) is 10.7 Å². The minimum atomic E-state index is -4.75. The lowest BCUT2D eigenvalue weighted by molar-refractivity contribution is -0.142. The minimum Gasteiger partial charge on any atom is -0.463 e. The van der Waals surface area contributed by atoms with E-state index in [4.69, 9.17) is 16.0 Å². The number of furan rings is 1. The number of nitrogens with one attached hydrogen (secondary N) is 1. The van der Waals surface area contributed by atoms with Crippen molar-refractivity contribution in [3.63, 3.8) is 0 Å². The molecule has 1 aromatic carbocycles. The molecule has 3 aromatic heterocycles. The van der Waals surface area contributed by atoms with Crippen LogP contribution in [0.4, 0.5) is 13.2 Å². The highest BCUT2D eigenvalue weighted by Gasteiger charge is 2.37. The Hall–Kier alpha value is -3.33. The summed E-state index contributed by atoms with van der Waals surface area (Å²) in [5, 5.41) is 6.14. The molecule has 3 heterocycles. The molecule has 0 unspecified atom stereocenters. The number of fused-ring (bicyclic) bond motifs is 1. The largest absolute Gasteiger partial charge is 0.463 e. The molecule has 10 heteroatoms. The van der Waals surface area contributed by atoms with Gasteiger partial charge in [0.05, 0.1) is 6.26 Å². The molecule has 0 radical (unpaired) electrons. The summed E-state index contributed by atoms with van der Waals surface area (Å²) in [5.74, 6) is -0.553. The van der Waals surface area contributed by atoms with Gasteiger partial charge in [0.15, 0.2) is 22.8 Å². The summed E-state index contributed by atoms with van der Waals surface area (Å²) in [5.41, 5.74) is -0.810. The van der Waals surface area contributed by atoms with E-state index in [1.54, 1.807) is 0 Å². The van der Waals surface area contributed by atoms with Crippen molar-refractivity contribution in [2.24, 2.45) is 0 Å². The number of nitrogens with zero attached hydrogens (tertiary/aromatic N) is 3. The van der Waals surface area contributed by atoms with Crippen molar-refractivity contribution in [3.8, 4) is 11.5 Å². The van der Waals surface area contributed by atoms with Gasteiger partial charge in [-0.15, -0.1) is 0 Å². The SMILES string of the molecule is O=C(NCCc1ccccc1)c1nn2c(C(F)(F)F)cc(-c3ccco3)nc2c1Cl. The highest BCUT2D eigenvalue weighted by atomic mass is 35.5. The van der Waals surface area contributed by atoms with Crippen LogP contribution in [0.2, 0.25) is 5.02 Å². The van der Waals surface area contributed by atoms with Crippen molar-refractivity contribution in [1.29, 1.82) is 0 Å². The smallest absolute Gasteiger partial charge is 0.433 e. The van der Waals surface area contributed by atoms with Crippen LogP contribution >= 0.6 is 11.6 Å². The molecule has 0 spiro atoms. The second-order valence-corrected chi connectivity index (χ2v) is 6.77. The fraction of sp³-hybridized carbons (Fsp3) is 0.150. The summed E-state index contributed by atoms with van der Waals surface area (Å²) in [4.78, 5) is 16.6. The van der Waals surface area contributed by atoms with E-state index in [1.807, 2.05) is 30.3 Å². The van der Waals surface area contributed by atoms with E-state index in [-0.39, 0.29) is 34.4 Å². The van der Waals surface area contributed by atoms with Gasteiger partial charge >= 0.3 is 6.18 Å². The van der Waals surface area contributed by atoms with E-state index in [2.05, 4.69) is 15.4 Å². The zero-order valence-electron chi connectivity index (χ0n) is 15.3. The molecule has 0 bridgehead atoms. The van der Waals surface area contributed by atoms with Gasteiger partial charge in [0, 0.05) is 6.54 Å². The number of carbonyl (C=O) groups excluding carboxylic acids is 1. The minimum absolute atomic E-state index is 0.0716. The van der Waals surface area contributed by atoms with Crippen LogP contribution in [0.1, 0.15) is 21.7 Å². The van der Waals surface area contributed by atoms with Crippen molar-refractivity contribution in [3.05, 3.63) is 76.8 Å². The zero-order chi connectivity index (χ0) is 21.3. The van der Waals surface area contributed by atoms with Gasteiger partial charge in [0.25, 0.3) is 5.91 Å². The van der Waals surface area contributed by atoms with Gasteiger partial charge in [-0.05, 0) is 30.2 Å². The Bertz CT molecular complexity index is 1190.